The molecule has 1 amide bonds. The largest absolute Gasteiger partial charge is 0.433 e. The zero-order chi connectivity index (χ0) is 22.6. The lowest BCUT2D eigenvalue weighted by Gasteiger charge is -2.38. The molecule has 1 N–H and O–H groups in total. The van der Waals surface area contributed by atoms with Gasteiger partial charge in [0.2, 0.25) is 5.91 Å². The number of alkyl halides is 3. The van der Waals surface area contributed by atoms with Crippen LogP contribution in [0.1, 0.15) is 12.5 Å². The Bertz CT molecular complexity index is 869. The minimum Gasteiger partial charge on any atom is -0.374 e. The van der Waals surface area contributed by atoms with Crippen molar-refractivity contribution in [3.05, 3.63) is 46.1 Å². The maximum atomic E-state index is 13.1. The molecule has 6 nitrogen and oxygen atoms in total. The van der Waals surface area contributed by atoms with Gasteiger partial charge in [0.05, 0.1) is 22.8 Å². The van der Waals surface area contributed by atoms with E-state index in [2.05, 4.69) is 14.6 Å². The molecule has 1 aromatic carbocycles. The van der Waals surface area contributed by atoms with Crippen molar-refractivity contribution in [2.24, 2.45) is 4.99 Å². The number of nitrogens with zero attached hydrogens (tertiary/aromatic N) is 3. The monoisotopic (exact) mass is 496 g/mol. The maximum Gasteiger partial charge on any atom is 0.433 e. The molecular formula is C19H21Cl2F3N4O2S. The van der Waals surface area contributed by atoms with E-state index in [0.29, 0.717) is 42.8 Å². The van der Waals surface area contributed by atoms with Crippen LogP contribution in [0.2, 0.25) is 10.0 Å². The molecule has 0 aromatic heterocycles. The first-order chi connectivity index (χ1) is 14.6. The van der Waals surface area contributed by atoms with Gasteiger partial charge in [0.1, 0.15) is 5.71 Å². The summed E-state index contributed by atoms with van der Waals surface area (Å²) in [6.07, 6.45) is -2.53. The zero-order valence-corrected chi connectivity index (χ0v) is 18.9. The van der Waals surface area contributed by atoms with Crippen molar-refractivity contribution >= 4 is 46.8 Å². The number of morpholine rings is 1. The quantitative estimate of drug-likeness (QED) is 0.601. The van der Waals surface area contributed by atoms with Gasteiger partial charge in [-0.1, -0.05) is 29.3 Å². The van der Waals surface area contributed by atoms with Crippen molar-refractivity contribution in [1.29, 1.82) is 0 Å². The molecule has 2 heterocycles. The van der Waals surface area contributed by atoms with Gasteiger partial charge in [0.25, 0.3) is 0 Å². The third-order valence-corrected chi connectivity index (χ3v) is 6.31. The van der Waals surface area contributed by atoms with Crippen LogP contribution in [0.3, 0.4) is 0 Å². The van der Waals surface area contributed by atoms with Crippen molar-refractivity contribution < 1.29 is 22.7 Å². The average Bonchev–Trinajstić information content (AvgIpc) is 2.69. The van der Waals surface area contributed by atoms with Crippen LogP contribution < -0.4 is 4.72 Å². The second-order valence-electron chi connectivity index (χ2n) is 7.10. The molecule has 0 bridgehead atoms. The molecular weight excluding hydrogens is 476 g/mol. The van der Waals surface area contributed by atoms with Crippen molar-refractivity contribution in [2.45, 2.75) is 31.2 Å². The van der Waals surface area contributed by atoms with Crippen LogP contribution >= 0.6 is 35.1 Å². The highest BCUT2D eigenvalue weighted by molar-refractivity contribution is 7.98. The fraction of sp³-hybridized carbons (Fsp3) is 0.474. The molecule has 2 atom stereocenters. The summed E-state index contributed by atoms with van der Waals surface area (Å²) in [5.74, 6) is -0.370. The molecule has 2 aliphatic rings. The smallest absolute Gasteiger partial charge is 0.374 e. The summed E-state index contributed by atoms with van der Waals surface area (Å²) >= 11 is 12.9. The van der Waals surface area contributed by atoms with E-state index in [4.69, 9.17) is 27.9 Å². The highest BCUT2D eigenvalue weighted by atomic mass is 35.5. The Hall–Kier alpha value is -1.46. The number of hydrogen-bond acceptors (Lipinski definition) is 6. The number of allylic oxidation sites excluding steroid dienone is 1. The topological polar surface area (TPSA) is 57.2 Å². The van der Waals surface area contributed by atoms with Gasteiger partial charge in [-0.05, 0) is 23.8 Å². The van der Waals surface area contributed by atoms with Gasteiger partial charge < -0.3 is 9.64 Å². The number of hydrogen-bond donors (Lipinski definition) is 1. The molecule has 1 unspecified atom stereocenters. The van der Waals surface area contributed by atoms with E-state index in [1.165, 1.54) is 13.1 Å². The van der Waals surface area contributed by atoms with E-state index >= 15 is 0 Å². The molecule has 0 aliphatic carbocycles. The van der Waals surface area contributed by atoms with Crippen LogP contribution in [0.4, 0.5) is 13.2 Å². The predicted molar refractivity (Wildman–Crippen MR) is 116 cm³/mol. The lowest BCUT2D eigenvalue weighted by Crippen LogP contribution is -2.48. The number of rotatable bonds is 6. The maximum absolute atomic E-state index is 13.1. The van der Waals surface area contributed by atoms with Crippen molar-refractivity contribution in [2.75, 3.05) is 26.2 Å². The van der Waals surface area contributed by atoms with Gasteiger partial charge >= 0.3 is 6.18 Å². The number of ether oxygens (including phenoxy) is 1. The third kappa shape index (κ3) is 7.01. The zero-order valence-electron chi connectivity index (χ0n) is 16.5. The Morgan fingerprint density at radius 2 is 2.13 bits per heavy atom. The number of amides is 1. The Labute approximate surface area is 192 Å². The van der Waals surface area contributed by atoms with E-state index in [1.54, 1.807) is 11.0 Å². The molecule has 170 valence electrons. The fourth-order valence-electron chi connectivity index (χ4n) is 3.19. The summed E-state index contributed by atoms with van der Waals surface area (Å²) < 4.78 is 47.5. The predicted octanol–water partition coefficient (Wildman–Crippen LogP) is 4.09. The van der Waals surface area contributed by atoms with Gasteiger partial charge in [-0.2, -0.15) is 13.2 Å². The molecule has 3 rings (SSSR count). The van der Waals surface area contributed by atoms with Gasteiger partial charge in [0.15, 0.2) is 5.50 Å². The fourth-order valence-corrected chi connectivity index (χ4v) is 4.24. The van der Waals surface area contributed by atoms with Crippen molar-refractivity contribution in [3.8, 4) is 0 Å². The summed E-state index contributed by atoms with van der Waals surface area (Å²) in [6.45, 7) is 4.04. The van der Waals surface area contributed by atoms with E-state index in [9.17, 15) is 18.0 Å². The summed E-state index contributed by atoms with van der Waals surface area (Å²) in [4.78, 5) is 18.8. The third-order valence-electron chi connectivity index (χ3n) is 4.58. The van der Waals surface area contributed by atoms with Crippen LogP contribution in [-0.2, 0) is 16.1 Å². The number of carbonyl (C=O) groups is 1. The van der Waals surface area contributed by atoms with Gasteiger partial charge in [-0.25, -0.2) is 4.99 Å². The van der Waals surface area contributed by atoms with E-state index in [0.717, 1.165) is 23.6 Å². The van der Waals surface area contributed by atoms with E-state index in [1.807, 2.05) is 12.1 Å². The Morgan fingerprint density at radius 1 is 1.35 bits per heavy atom. The van der Waals surface area contributed by atoms with Crippen LogP contribution in [-0.4, -0.2) is 65.4 Å². The number of halogens is 5. The molecule has 0 radical (unpaired) electrons. The Balaban J connectivity index is 1.63. The van der Waals surface area contributed by atoms with Crippen molar-refractivity contribution in [1.82, 2.24) is 14.5 Å². The molecule has 0 saturated carbocycles. The summed E-state index contributed by atoms with van der Waals surface area (Å²) in [5.41, 5.74) is -0.927. The SMILES string of the molecule is CC(=O)NS[C@@H]1N=C(C(F)(F)F)C=CN1CC1CN(Cc2ccc(Cl)c(Cl)c2)CCO1. The second-order valence-corrected chi connectivity index (χ2v) is 8.78. The summed E-state index contributed by atoms with van der Waals surface area (Å²) in [7, 11) is 0. The normalized spacial score (nSPS) is 22.4. The standard InChI is InChI=1S/C19H21Cl2F3N4O2S/c1-12(29)26-31-18-25-17(19(22,23)24)4-5-28(18)11-14-10-27(6-7-30-14)9-13-2-3-15(20)16(21)8-13/h2-5,8,14,18H,6-7,9-11H2,1H3,(H,26,29)/t14?,18-/m1/s1. The van der Waals surface area contributed by atoms with Crippen LogP contribution in [0.25, 0.3) is 0 Å². The highest BCUT2D eigenvalue weighted by Crippen LogP contribution is 2.27. The minimum absolute atomic E-state index is 0.246. The minimum atomic E-state index is -4.56. The van der Waals surface area contributed by atoms with Crippen LogP contribution in [0, 0.1) is 0 Å². The van der Waals surface area contributed by atoms with Crippen molar-refractivity contribution in [3.63, 3.8) is 0 Å². The number of nitrogens with one attached hydrogen (secondary N) is 1. The number of carbonyl (C=O) groups excluding carboxylic acids is 1. The van der Waals surface area contributed by atoms with Crippen LogP contribution in [0.15, 0.2) is 35.5 Å². The van der Waals surface area contributed by atoms with Gasteiger partial charge in [0, 0.05) is 51.3 Å². The molecule has 2 aliphatic heterocycles. The van der Waals surface area contributed by atoms with Gasteiger partial charge in [-0.15, -0.1) is 0 Å². The van der Waals surface area contributed by atoms with Gasteiger partial charge in [-0.3, -0.25) is 14.4 Å². The lowest BCUT2D eigenvalue weighted by atomic mass is 10.2. The molecule has 0 spiro atoms. The Kier molecular flexibility index (Phi) is 8.14. The molecule has 12 heteroatoms. The highest BCUT2D eigenvalue weighted by Gasteiger charge is 2.38. The van der Waals surface area contributed by atoms with Crippen LogP contribution in [0.5, 0.6) is 0 Å². The average molecular weight is 497 g/mol. The summed E-state index contributed by atoms with van der Waals surface area (Å²) in [6, 6.07) is 5.46. The Morgan fingerprint density at radius 3 is 2.81 bits per heavy atom. The molecule has 1 saturated heterocycles. The van der Waals surface area contributed by atoms with E-state index < -0.39 is 17.4 Å². The molecule has 31 heavy (non-hydrogen) atoms. The lowest BCUT2D eigenvalue weighted by molar-refractivity contribution is -0.117. The summed E-state index contributed by atoms with van der Waals surface area (Å²) in [5, 5.41) is 0.974. The first-order valence-corrected chi connectivity index (χ1v) is 11.0. The second kappa shape index (κ2) is 10.4. The first kappa shape index (κ1) is 24.2. The number of aliphatic imine (C=N–C) groups is 1. The first-order valence-electron chi connectivity index (χ1n) is 9.41. The molecule has 1 fully saturated rings. The number of benzene rings is 1. The molecule has 1 aromatic rings. The van der Waals surface area contributed by atoms with E-state index in [-0.39, 0.29) is 12.0 Å².